The Morgan fingerprint density at radius 3 is 2.62 bits per heavy atom. The monoisotopic (exact) mass is 547 g/mol. The number of barbiturate groups is 1. The molecule has 0 atom stereocenters. The number of morpholine rings is 1. The molecule has 0 unspecified atom stereocenters. The molecule has 1 N–H and O–H groups in total. The molecule has 2 aromatic rings. The molecule has 11 heteroatoms. The molecule has 2 heterocycles. The molecule has 0 radical (unpaired) electrons. The predicted octanol–water partition coefficient (Wildman–Crippen LogP) is 3.01. The van der Waals surface area contributed by atoms with Crippen LogP contribution in [0.15, 0.2) is 52.5 Å². The van der Waals surface area contributed by atoms with Crippen molar-refractivity contribution in [1.29, 1.82) is 0 Å². The molecule has 0 aliphatic carbocycles. The maximum atomic E-state index is 13.0. The summed E-state index contributed by atoms with van der Waals surface area (Å²) in [7, 11) is 0. The lowest BCUT2D eigenvalue weighted by Gasteiger charge is -2.27. The van der Waals surface area contributed by atoms with Gasteiger partial charge in [-0.25, -0.2) is 9.69 Å². The number of hydrogen-bond donors (Lipinski definition) is 1. The highest BCUT2D eigenvalue weighted by atomic mass is 79.9. The number of ether oxygens (including phenoxy) is 2. The number of nitrogens with one attached hydrogen (secondary N) is 1. The standard InChI is InChI=1S/C23H19BrClN3O6/c24-18-11-14(4-5-19(18)34-13-20(29)27-6-8-33-9-7-27)10-17-21(30)26-23(32)28(22(17)31)16-3-1-2-15(25)12-16/h1-5,10-12H,6-9,13H2,(H,26,30,32)/b17-10+. The van der Waals surface area contributed by atoms with Crippen LogP contribution in [-0.2, 0) is 19.1 Å². The summed E-state index contributed by atoms with van der Waals surface area (Å²) in [6, 6.07) is 10.2. The molecule has 34 heavy (non-hydrogen) atoms. The Morgan fingerprint density at radius 1 is 1.15 bits per heavy atom. The van der Waals surface area contributed by atoms with E-state index in [0.29, 0.717) is 47.1 Å². The van der Waals surface area contributed by atoms with Crippen molar-refractivity contribution in [1.82, 2.24) is 10.2 Å². The van der Waals surface area contributed by atoms with Gasteiger partial charge in [-0.15, -0.1) is 0 Å². The van der Waals surface area contributed by atoms with Gasteiger partial charge in [0.05, 0.1) is 23.4 Å². The van der Waals surface area contributed by atoms with Gasteiger partial charge in [0.2, 0.25) is 0 Å². The van der Waals surface area contributed by atoms with E-state index in [2.05, 4.69) is 21.2 Å². The Bertz CT molecular complexity index is 1190. The quantitative estimate of drug-likeness (QED) is 0.455. The predicted molar refractivity (Wildman–Crippen MR) is 127 cm³/mol. The van der Waals surface area contributed by atoms with Crippen LogP contribution in [0.25, 0.3) is 6.08 Å². The first-order chi connectivity index (χ1) is 16.3. The van der Waals surface area contributed by atoms with E-state index < -0.39 is 17.8 Å². The second-order valence-electron chi connectivity index (χ2n) is 7.41. The molecule has 2 saturated heterocycles. The van der Waals surface area contributed by atoms with E-state index in [-0.39, 0.29) is 23.8 Å². The van der Waals surface area contributed by atoms with Crippen molar-refractivity contribution < 1.29 is 28.7 Å². The first kappa shape index (κ1) is 23.9. The number of carbonyl (C=O) groups excluding carboxylic acids is 4. The average molecular weight is 549 g/mol. The topological polar surface area (TPSA) is 105 Å². The maximum absolute atomic E-state index is 13.0. The molecule has 2 aliphatic heterocycles. The molecule has 0 spiro atoms. The van der Waals surface area contributed by atoms with Crippen molar-refractivity contribution in [2.45, 2.75) is 0 Å². The van der Waals surface area contributed by atoms with E-state index in [1.807, 2.05) is 0 Å². The van der Waals surface area contributed by atoms with Gasteiger partial charge in [0.15, 0.2) is 6.61 Å². The number of imide groups is 2. The van der Waals surface area contributed by atoms with Gasteiger partial charge in [0, 0.05) is 18.1 Å². The third kappa shape index (κ3) is 5.30. The van der Waals surface area contributed by atoms with Crippen molar-refractivity contribution in [3.8, 4) is 5.75 Å². The molecule has 0 saturated carbocycles. The summed E-state index contributed by atoms with van der Waals surface area (Å²) < 4.78 is 11.4. The van der Waals surface area contributed by atoms with Gasteiger partial charge in [0.1, 0.15) is 11.3 Å². The molecule has 2 aromatic carbocycles. The number of benzene rings is 2. The summed E-state index contributed by atoms with van der Waals surface area (Å²) in [6.45, 7) is 1.94. The summed E-state index contributed by atoms with van der Waals surface area (Å²) in [5, 5.41) is 2.51. The van der Waals surface area contributed by atoms with E-state index >= 15 is 0 Å². The first-order valence-corrected chi connectivity index (χ1v) is 11.5. The van der Waals surface area contributed by atoms with Crippen LogP contribution in [0.4, 0.5) is 10.5 Å². The minimum Gasteiger partial charge on any atom is -0.483 e. The van der Waals surface area contributed by atoms with Crippen molar-refractivity contribution in [3.05, 3.63) is 63.1 Å². The van der Waals surface area contributed by atoms with Crippen LogP contribution in [0.1, 0.15) is 5.56 Å². The largest absolute Gasteiger partial charge is 0.483 e. The summed E-state index contributed by atoms with van der Waals surface area (Å²) in [5.74, 6) is -1.29. The fourth-order valence-corrected chi connectivity index (χ4v) is 4.14. The van der Waals surface area contributed by atoms with Gasteiger partial charge >= 0.3 is 6.03 Å². The Hall–Kier alpha value is -3.21. The van der Waals surface area contributed by atoms with Crippen LogP contribution >= 0.6 is 27.5 Å². The van der Waals surface area contributed by atoms with Crippen LogP contribution in [0.3, 0.4) is 0 Å². The molecule has 2 fully saturated rings. The zero-order valence-corrected chi connectivity index (χ0v) is 20.1. The van der Waals surface area contributed by atoms with Gasteiger partial charge in [-0.05, 0) is 57.9 Å². The molecule has 176 valence electrons. The SMILES string of the molecule is O=C1NC(=O)N(c2cccc(Cl)c2)C(=O)/C1=C/c1ccc(OCC(=O)N2CCOCC2)c(Br)c1. The Labute approximate surface area is 208 Å². The van der Waals surface area contributed by atoms with Crippen LogP contribution in [-0.4, -0.2) is 61.6 Å². The highest BCUT2D eigenvalue weighted by molar-refractivity contribution is 9.10. The number of amides is 5. The van der Waals surface area contributed by atoms with E-state index in [4.69, 9.17) is 21.1 Å². The van der Waals surface area contributed by atoms with Crippen LogP contribution in [0.5, 0.6) is 5.75 Å². The zero-order valence-electron chi connectivity index (χ0n) is 17.8. The van der Waals surface area contributed by atoms with Crippen molar-refractivity contribution in [2.24, 2.45) is 0 Å². The van der Waals surface area contributed by atoms with Gasteiger partial charge in [0.25, 0.3) is 17.7 Å². The van der Waals surface area contributed by atoms with E-state index in [1.54, 1.807) is 35.2 Å². The summed E-state index contributed by atoms with van der Waals surface area (Å²) in [4.78, 5) is 52.5. The fourth-order valence-electron chi connectivity index (χ4n) is 3.44. The Balaban J connectivity index is 1.50. The lowest BCUT2D eigenvalue weighted by molar-refractivity contribution is -0.137. The number of carbonyl (C=O) groups is 4. The van der Waals surface area contributed by atoms with E-state index in [0.717, 1.165) is 4.90 Å². The fraction of sp³-hybridized carbons (Fsp3) is 0.217. The maximum Gasteiger partial charge on any atom is 0.335 e. The molecule has 2 aliphatic rings. The second kappa shape index (κ2) is 10.4. The van der Waals surface area contributed by atoms with Gasteiger partial charge < -0.3 is 14.4 Å². The third-order valence-electron chi connectivity index (χ3n) is 5.15. The van der Waals surface area contributed by atoms with Gasteiger partial charge in [-0.3, -0.25) is 19.7 Å². The summed E-state index contributed by atoms with van der Waals surface area (Å²) in [5.41, 5.74) is 0.531. The first-order valence-electron chi connectivity index (χ1n) is 10.3. The normalized spacial score (nSPS) is 17.7. The smallest absolute Gasteiger partial charge is 0.335 e. The third-order valence-corrected chi connectivity index (χ3v) is 6.00. The van der Waals surface area contributed by atoms with Gasteiger partial charge in [-0.2, -0.15) is 0 Å². The molecular weight excluding hydrogens is 530 g/mol. The number of hydrogen-bond acceptors (Lipinski definition) is 6. The lowest BCUT2D eigenvalue weighted by atomic mass is 10.1. The minimum atomic E-state index is -0.857. The zero-order chi connectivity index (χ0) is 24.2. The van der Waals surface area contributed by atoms with Gasteiger partial charge in [-0.1, -0.05) is 23.7 Å². The number of nitrogens with zero attached hydrogens (tertiary/aromatic N) is 2. The van der Waals surface area contributed by atoms with E-state index in [9.17, 15) is 19.2 Å². The van der Waals surface area contributed by atoms with Crippen molar-refractivity contribution in [3.63, 3.8) is 0 Å². The van der Waals surface area contributed by atoms with Crippen LogP contribution in [0, 0.1) is 0 Å². The number of anilines is 1. The van der Waals surface area contributed by atoms with Crippen LogP contribution < -0.4 is 15.0 Å². The average Bonchev–Trinajstić information content (AvgIpc) is 2.81. The molecule has 5 amide bonds. The molecule has 9 nitrogen and oxygen atoms in total. The number of rotatable bonds is 5. The van der Waals surface area contributed by atoms with Crippen molar-refractivity contribution in [2.75, 3.05) is 37.8 Å². The molecule has 0 bridgehead atoms. The number of halogens is 2. The van der Waals surface area contributed by atoms with Crippen molar-refractivity contribution >= 4 is 63.0 Å². The lowest BCUT2D eigenvalue weighted by Crippen LogP contribution is -2.54. The molecule has 0 aromatic heterocycles. The van der Waals surface area contributed by atoms with E-state index in [1.165, 1.54) is 18.2 Å². The highest BCUT2D eigenvalue weighted by Crippen LogP contribution is 2.29. The summed E-state index contributed by atoms with van der Waals surface area (Å²) >= 11 is 9.37. The second-order valence-corrected chi connectivity index (χ2v) is 8.70. The van der Waals surface area contributed by atoms with Crippen LogP contribution in [0.2, 0.25) is 5.02 Å². The highest BCUT2D eigenvalue weighted by Gasteiger charge is 2.36. The number of urea groups is 1. The molecule has 4 rings (SSSR count). The Kier molecular flexibility index (Phi) is 7.30. The Morgan fingerprint density at radius 2 is 1.91 bits per heavy atom. The minimum absolute atomic E-state index is 0.128. The summed E-state index contributed by atoms with van der Waals surface area (Å²) in [6.07, 6.45) is 1.37. The molecular formula is C23H19BrClN3O6.